The van der Waals surface area contributed by atoms with E-state index in [0.717, 1.165) is 43.4 Å². The second kappa shape index (κ2) is 12.6. The van der Waals surface area contributed by atoms with Crippen molar-refractivity contribution in [2.75, 3.05) is 31.6 Å². The van der Waals surface area contributed by atoms with Crippen molar-refractivity contribution in [3.63, 3.8) is 0 Å². The Balaban J connectivity index is 1.34. The highest BCUT2D eigenvalue weighted by Crippen LogP contribution is 2.33. The maximum Gasteiger partial charge on any atom is 0.415 e. The van der Waals surface area contributed by atoms with Crippen LogP contribution in [0.15, 0.2) is 30.5 Å². The SMILES string of the molecule is N#CC1(CNc2cccc(-c3cc(CC4CCC(NC[C@@H](O)C(F)(F)F)CC4)ncc3Cl)n2)CCOCC1. The van der Waals surface area contributed by atoms with Crippen molar-refractivity contribution in [2.24, 2.45) is 11.3 Å². The van der Waals surface area contributed by atoms with Gasteiger partial charge >= 0.3 is 6.18 Å². The van der Waals surface area contributed by atoms with E-state index < -0.39 is 24.2 Å². The summed E-state index contributed by atoms with van der Waals surface area (Å²) in [6.07, 6.45) is 0.0316. The highest BCUT2D eigenvalue weighted by molar-refractivity contribution is 6.33. The predicted octanol–water partition coefficient (Wildman–Crippen LogP) is 5.14. The van der Waals surface area contributed by atoms with Crippen molar-refractivity contribution in [3.05, 3.63) is 41.2 Å². The number of aromatic nitrogens is 2. The first-order valence-electron chi connectivity index (χ1n) is 13.0. The molecule has 1 aliphatic carbocycles. The van der Waals surface area contributed by atoms with Gasteiger partial charge in [0, 0.05) is 49.8 Å². The maximum absolute atomic E-state index is 12.5. The van der Waals surface area contributed by atoms with Gasteiger partial charge in [-0.1, -0.05) is 17.7 Å². The second-order valence-corrected chi connectivity index (χ2v) is 10.7. The molecule has 0 amide bonds. The number of nitriles is 1. The maximum atomic E-state index is 12.5. The van der Waals surface area contributed by atoms with E-state index in [2.05, 4.69) is 21.7 Å². The van der Waals surface area contributed by atoms with Crippen LogP contribution in [0.1, 0.15) is 44.2 Å². The fourth-order valence-corrected chi connectivity index (χ4v) is 5.28. The van der Waals surface area contributed by atoms with Crippen molar-refractivity contribution >= 4 is 17.4 Å². The summed E-state index contributed by atoms with van der Waals surface area (Å²) in [5, 5.41) is 25.6. The molecular formula is C27H33ClF3N5O2. The fourth-order valence-electron chi connectivity index (χ4n) is 5.08. The number of pyridine rings is 2. The van der Waals surface area contributed by atoms with Crippen LogP contribution in [-0.4, -0.2) is 59.7 Å². The number of hydrogen-bond acceptors (Lipinski definition) is 7. The Morgan fingerprint density at radius 1 is 1.21 bits per heavy atom. The van der Waals surface area contributed by atoms with Crippen LogP contribution in [0.2, 0.25) is 5.02 Å². The molecule has 1 atom stereocenters. The number of rotatable bonds is 9. The summed E-state index contributed by atoms with van der Waals surface area (Å²) < 4.78 is 43.0. The van der Waals surface area contributed by atoms with Gasteiger partial charge in [0.2, 0.25) is 0 Å². The Labute approximate surface area is 225 Å². The number of aliphatic hydroxyl groups excluding tert-OH is 1. The van der Waals surface area contributed by atoms with E-state index in [9.17, 15) is 23.5 Å². The molecule has 3 N–H and O–H groups in total. The highest BCUT2D eigenvalue weighted by atomic mass is 35.5. The first kappa shape index (κ1) is 28.6. The van der Waals surface area contributed by atoms with Crippen LogP contribution >= 0.6 is 11.6 Å². The molecule has 38 heavy (non-hydrogen) atoms. The lowest BCUT2D eigenvalue weighted by molar-refractivity contribution is -0.202. The Morgan fingerprint density at radius 2 is 1.95 bits per heavy atom. The number of anilines is 1. The zero-order chi connectivity index (χ0) is 27.2. The van der Waals surface area contributed by atoms with Crippen molar-refractivity contribution in [2.45, 2.75) is 63.3 Å². The zero-order valence-corrected chi connectivity index (χ0v) is 21.9. The van der Waals surface area contributed by atoms with Crippen molar-refractivity contribution in [1.82, 2.24) is 15.3 Å². The molecule has 0 aromatic carbocycles. The summed E-state index contributed by atoms with van der Waals surface area (Å²) in [5.41, 5.74) is 1.90. The number of nitrogens with zero attached hydrogens (tertiary/aromatic N) is 3. The first-order chi connectivity index (χ1) is 18.2. The third-order valence-electron chi connectivity index (χ3n) is 7.55. The third-order valence-corrected chi connectivity index (χ3v) is 7.86. The minimum atomic E-state index is -4.60. The Hall–Kier alpha value is -2.45. The predicted molar refractivity (Wildman–Crippen MR) is 139 cm³/mol. The molecule has 2 aromatic rings. The van der Waals surface area contributed by atoms with Crippen LogP contribution in [0.3, 0.4) is 0 Å². The Bertz CT molecular complexity index is 1110. The van der Waals surface area contributed by atoms with Crippen molar-refractivity contribution < 1.29 is 23.0 Å². The van der Waals surface area contributed by atoms with Gasteiger partial charge in [0.1, 0.15) is 5.82 Å². The molecule has 0 unspecified atom stereocenters. The molecule has 1 aliphatic heterocycles. The van der Waals surface area contributed by atoms with Crippen LogP contribution in [0.5, 0.6) is 0 Å². The lowest BCUT2D eigenvalue weighted by Gasteiger charge is -2.30. The van der Waals surface area contributed by atoms with E-state index in [1.807, 2.05) is 24.3 Å². The van der Waals surface area contributed by atoms with Gasteiger partial charge in [-0.25, -0.2) is 4.98 Å². The number of aliphatic hydroxyl groups is 1. The van der Waals surface area contributed by atoms with Gasteiger partial charge in [-0.05, 0) is 69.1 Å². The van der Waals surface area contributed by atoms with Gasteiger partial charge in [0.15, 0.2) is 6.10 Å². The number of nitrogens with one attached hydrogen (secondary N) is 2. The molecule has 0 bridgehead atoms. The van der Waals surface area contributed by atoms with E-state index in [-0.39, 0.29) is 6.04 Å². The number of hydrogen-bond donors (Lipinski definition) is 3. The van der Waals surface area contributed by atoms with Crippen LogP contribution in [0.25, 0.3) is 11.3 Å². The normalized spacial score (nSPS) is 22.4. The molecule has 4 rings (SSSR count). The van der Waals surface area contributed by atoms with Crippen LogP contribution < -0.4 is 10.6 Å². The van der Waals surface area contributed by atoms with Gasteiger partial charge in [0.05, 0.1) is 22.2 Å². The van der Waals surface area contributed by atoms with Crippen LogP contribution in [-0.2, 0) is 11.2 Å². The van der Waals surface area contributed by atoms with Crippen LogP contribution in [0, 0.1) is 22.7 Å². The standard InChI is InChI=1S/C27H33ClF3N5O2/c28-22-14-33-20(12-18-4-6-19(7-5-18)34-15-24(37)27(29,30)31)13-21(22)23-2-1-3-25(36-23)35-17-26(16-32)8-10-38-11-9-26/h1-3,13-14,18-19,24,34,37H,4-12,15,17H2,(H,35,36)/t18?,19?,24-/m1/s1. The topological polar surface area (TPSA) is 103 Å². The quantitative estimate of drug-likeness (QED) is 0.396. The Morgan fingerprint density at radius 3 is 2.63 bits per heavy atom. The first-order valence-corrected chi connectivity index (χ1v) is 13.4. The average molecular weight is 552 g/mol. The average Bonchev–Trinajstić information content (AvgIpc) is 2.92. The minimum Gasteiger partial charge on any atom is -0.382 e. The monoisotopic (exact) mass is 551 g/mol. The molecule has 3 heterocycles. The molecular weight excluding hydrogens is 519 g/mol. The van der Waals surface area contributed by atoms with Gasteiger partial charge in [-0.3, -0.25) is 4.98 Å². The van der Waals surface area contributed by atoms with Crippen LogP contribution in [0.4, 0.5) is 19.0 Å². The van der Waals surface area contributed by atoms with Crippen molar-refractivity contribution in [1.29, 1.82) is 5.26 Å². The van der Waals surface area contributed by atoms with E-state index in [0.29, 0.717) is 55.1 Å². The largest absolute Gasteiger partial charge is 0.415 e. The van der Waals surface area contributed by atoms with E-state index >= 15 is 0 Å². The summed E-state index contributed by atoms with van der Waals surface area (Å²) in [5.74, 6) is 1.03. The summed E-state index contributed by atoms with van der Waals surface area (Å²) in [7, 11) is 0. The molecule has 1 saturated carbocycles. The van der Waals surface area contributed by atoms with E-state index in [1.165, 1.54) is 0 Å². The fraction of sp³-hybridized carbons (Fsp3) is 0.593. The van der Waals surface area contributed by atoms with Gasteiger partial charge in [-0.2, -0.15) is 18.4 Å². The van der Waals surface area contributed by atoms with Gasteiger partial charge < -0.3 is 20.5 Å². The highest BCUT2D eigenvalue weighted by Gasteiger charge is 2.38. The molecule has 2 fully saturated rings. The number of ether oxygens (including phenoxy) is 1. The molecule has 1 saturated heterocycles. The molecule has 11 heteroatoms. The molecule has 0 radical (unpaired) electrons. The number of halogens is 4. The Kier molecular flexibility index (Phi) is 9.47. The third kappa shape index (κ3) is 7.56. The summed E-state index contributed by atoms with van der Waals surface area (Å²) >= 11 is 6.49. The van der Waals surface area contributed by atoms with Gasteiger partial charge in [0.25, 0.3) is 0 Å². The van der Waals surface area contributed by atoms with E-state index in [1.54, 1.807) is 6.20 Å². The van der Waals surface area contributed by atoms with E-state index in [4.69, 9.17) is 21.3 Å². The number of alkyl halides is 3. The summed E-state index contributed by atoms with van der Waals surface area (Å²) in [6, 6.07) is 10.0. The zero-order valence-electron chi connectivity index (χ0n) is 21.1. The lowest BCUT2D eigenvalue weighted by Crippen LogP contribution is -2.43. The molecule has 0 spiro atoms. The molecule has 206 valence electrons. The smallest absolute Gasteiger partial charge is 0.382 e. The van der Waals surface area contributed by atoms with Crippen molar-refractivity contribution in [3.8, 4) is 17.3 Å². The lowest BCUT2D eigenvalue weighted by atomic mass is 9.82. The molecule has 2 aromatic heterocycles. The molecule has 7 nitrogen and oxygen atoms in total. The minimum absolute atomic E-state index is 0.0299. The summed E-state index contributed by atoms with van der Waals surface area (Å²) in [4.78, 5) is 9.24. The second-order valence-electron chi connectivity index (χ2n) is 10.3. The van der Waals surface area contributed by atoms with Gasteiger partial charge in [-0.15, -0.1) is 0 Å². The molecule has 2 aliphatic rings. The summed E-state index contributed by atoms with van der Waals surface area (Å²) in [6.45, 7) is 1.17.